The normalized spacial score (nSPS) is 18.3. The summed E-state index contributed by atoms with van der Waals surface area (Å²) >= 11 is 0. The van der Waals surface area contributed by atoms with Crippen molar-refractivity contribution >= 4 is 110 Å². The van der Waals surface area contributed by atoms with Crippen LogP contribution < -0.4 is 37.6 Å². The zero-order chi connectivity index (χ0) is 53.9. The molecule has 23 heteroatoms. The van der Waals surface area contributed by atoms with Crippen LogP contribution in [0.5, 0.6) is 0 Å². The third-order valence-electron chi connectivity index (χ3n) is 12.4. The number of aliphatic hydroxyl groups is 2. The highest BCUT2D eigenvalue weighted by Gasteiger charge is 2.47. The zero-order valence-corrected chi connectivity index (χ0v) is 44.8. The first-order chi connectivity index (χ1) is 37.1. The van der Waals surface area contributed by atoms with Crippen LogP contribution in [0.4, 0.5) is 5.82 Å². The third kappa shape index (κ3) is 12.1. The second kappa shape index (κ2) is 23.0. The summed E-state index contributed by atoms with van der Waals surface area (Å²) in [6, 6.07) is 71.8. The van der Waals surface area contributed by atoms with Crippen LogP contribution in [-0.4, -0.2) is 74.2 Å². The number of phosphoric acid groups is 3. The Morgan fingerprint density at radius 2 is 0.974 bits per heavy atom. The molecule has 1 fully saturated rings. The molecule has 0 radical (unpaired) electrons. The molecule has 6 atom stereocenters. The summed E-state index contributed by atoms with van der Waals surface area (Å²) in [6.45, 7) is -0.956. The average Bonchev–Trinajstić information content (AvgIpc) is 3.98. The van der Waals surface area contributed by atoms with Crippen LogP contribution in [0.25, 0.3) is 43.8 Å². The van der Waals surface area contributed by atoms with Gasteiger partial charge >= 0.3 is 23.5 Å². The summed E-state index contributed by atoms with van der Waals surface area (Å²) < 4.78 is 51.9. The standard InChI is InChI=1S/C44H32P2.C10H16N5O13P3/c1-5-19-35(20-6-1)45(36-21-7-2-8-22-36)41-31-29-33-17-13-15-27-39(33)43(41)44-40-28-16-14-18-34(40)30-32-42(44)46(37-23-9-3-10-24-37)38-25-11-4-12-26-38;11-8-5-9(13-2-12-8)15(3-14-5)10-7(17)6(16)4(26-10)1-25-30(21,22)28-31(23,24)27-29(18,19)20/h1-32H;2-4,6-7,10,16-17H,1H2,(H,21,22)(H,23,24)(H2,11,12,13)(H2,18,19,20)/t;4-,6-,7-,10-/m.1/s1. The lowest BCUT2D eigenvalue weighted by molar-refractivity contribution is -0.0503. The van der Waals surface area contributed by atoms with Crippen molar-refractivity contribution in [1.29, 1.82) is 0 Å². The largest absolute Gasteiger partial charge is 0.490 e. The van der Waals surface area contributed by atoms with E-state index in [1.165, 1.54) is 75.4 Å². The van der Waals surface area contributed by atoms with Gasteiger partial charge in [-0.15, -0.1) is 0 Å². The molecule has 392 valence electrons. The number of aromatic nitrogens is 4. The first-order valence-corrected chi connectivity index (χ1v) is 30.8. The van der Waals surface area contributed by atoms with Crippen molar-refractivity contribution in [3.05, 3.63) is 207 Å². The number of ether oxygens (including phenoxy) is 1. The molecule has 3 heterocycles. The van der Waals surface area contributed by atoms with Gasteiger partial charge in [-0.3, -0.25) is 9.09 Å². The van der Waals surface area contributed by atoms with Gasteiger partial charge in [-0.25, -0.2) is 28.6 Å². The number of nitrogens with two attached hydrogens (primary N) is 1. The van der Waals surface area contributed by atoms with Crippen LogP contribution in [0.15, 0.2) is 207 Å². The van der Waals surface area contributed by atoms with Gasteiger partial charge in [0.25, 0.3) is 0 Å². The first kappa shape index (κ1) is 54.1. The van der Waals surface area contributed by atoms with E-state index in [2.05, 4.69) is 222 Å². The average molecular weight is 1130 g/mol. The van der Waals surface area contributed by atoms with Gasteiger partial charge in [-0.2, -0.15) is 8.62 Å². The fourth-order valence-corrected chi connectivity index (χ4v) is 17.2. The molecule has 8 N–H and O–H groups in total. The molecule has 11 rings (SSSR count). The van der Waals surface area contributed by atoms with E-state index in [1.807, 2.05) is 0 Å². The van der Waals surface area contributed by atoms with E-state index in [0.29, 0.717) is 0 Å². The molecule has 10 aromatic rings. The van der Waals surface area contributed by atoms with Gasteiger partial charge in [0.1, 0.15) is 30.2 Å². The number of rotatable bonds is 15. The molecule has 2 aromatic heterocycles. The smallest absolute Gasteiger partial charge is 0.387 e. The molecule has 0 bridgehead atoms. The lowest BCUT2D eigenvalue weighted by Gasteiger charge is -2.28. The summed E-state index contributed by atoms with van der Waals surface area (Å²) in [5.41, 5.74) is 8.70. The van der Waals surface area contributed by atoms with Crippen molar-refractivity contribution in [3.63, 3.8) is 0 Å². The van der Waals surface area contributed by atoms with E-state index >= 15 is 0 Å². The minimum absolute atomic E-state index is 0.0426. The molecule has 8 aromatic carbocycles. The number of imidazole rings is 1. The van der Waals surface area contributed by atoms with Crippen molar-refractivity contribution in [2.45, 2.75) is 24.5 Å². The molecular weight excluding hydrogens is 1080 g/mol. The lowest BCUT2D eigenvalue weighted by Crippen LogP contribution is -2.33. The minimum atomic E-state index is -5.70. The summed E-state index contributed by atoms with van der Waals surface area (Å²) in [5.74, 6) is 0.0426. The Bertz CT molecular complexity index is 3600. The number of nitrogens with zero attached hydrogens (tertiary/aromatic N) is 4. The quantitative estimate of drug-likeness (QED) is 0.0488. The van der Waals surface area contributed by atoms with Crippen molar-refractivity contribution in [3.8, 4) is 11.1 Å². The minimum Gasteiger partial charge on any atom is -0.387 e. The Morgan fingerprint density at radius 1 is 0.532 bits per heavy atom. The molecule has 1 aliphatic rings. The van der Waals surface area contributed by atoms with Crippen molar-refractivity contribution in [1.82, 2.24) is 19.5 Å². The number of aliphatic hydroxyl groups excluding tert-OH is 2. The number of benzene rings is 8. The maximum Gasteiger partial charge on any atom is 0.490 e. The SMILES string of the molecule is Nc1ncnc2c1ncn2[C@@H]1O[C@H](COP(=O)(O)OP(=O)(O)OP(=O)(O)O)[C@@H](O)[C@H]1O.c1ccc(P(c2ccccc2)c2ccc3ccccc3c2-c2c(P(c3ccccc3)c3ccccc3)ccc3ccccc23)cc1. The molecule has 0 spiro atoms. The van der Waals surface area contributed by atoms with Crippen LogP contribution in [0.1, 0.15) is 6.23 Å². The topological polar surface area (TPSA) is 279 Å². The van der Waals surface area contributed by atoms with Crippen LogP contribution >= 0.6 is 39.3 Å². The van der Waals surface area contributed by atoms with Gasteiger partial charge in [-0.05, 0) is 80.3 Å². The van der Waals surface area contributed by atoms with Crippen molar-refractivity contribution < 1.29 is 61.4 Å². The maximum atomic E-state index is 11.8. The molecule has 0 aliphatic carbocycles. The number of nitrogen functional groups attached to an aromatic ring is 1. The Balaban J connectivity index is 0.000000190. The molecule has 1 aliphatic heterocycles. The van der Waals surface area contributed by atoms with E-state index in [9.17, 15) is 28.8 Å². The summed E-state index contributed by atoms with van der Waals surface area (Å²) in [4.78, 5) is 47.2. The van der Waals surface area contributed by atoms with Crippen LogP contribution in [0.3, 0.4) is 0 Å². The van der Waals surface area contributed by atoms with Gasteiger partial charge in [0, 0.05) is 0 Å². The highest BCUT2D eigenvalue weighted by Crippen LogP contribution is 2.66. The van der Waals surface area contributed by atoms with Crippen molar-refractivity contribution in [2.24, 2.45) is 0 Å². The first-order valence-electron chi connectivity index (χ1n) is 23.6. The summed E-state index contributed by atoms with van der Waals surface area (Å²) in [7, 11) is -18.4. The summed E-state index contributed by atoms with van der Waals surface area (Å²) in [5, 5.41) is 33.7. The van der Waals surface area contributed by atoms with E-state index in [-0.39, 0.29) is 17.0 Å². The fourth-order valence-electron chi connectivity index (χ4n) is 9.20. The fraction of sp³-hybridized carbons (Fsp3) is 0.0926. The van der Waals surface area contributed by atoms with E-state index in [0.717, 1.165) is 6.33 Å². The molecular formula is C54H48N5O13P5. The predicted molar refractivity (Wildman–Crippen MR) is 300 cm³/mol. The molecule has 2 unspecified atom stereocenters. The number of anilines is 1. The molecule has 1 saturated heterocycles. The zero-order valence-electron chi connectivity index (χ0n) is 40.3. The molecule has 18 nitrogen and oxygen atoms in total. The number of phosphoric ester groups is 1. The molecule has 0 amide bonds. The van der Waals surface area contributed by atoms with Gasteiger partial charge in [0.15, 0.2) is 17.7 Å². The number of hydrogen-bond acceptors (Lipinski definition) is 13. The molecule has 77 heavy (non-hydrogen) atoms. The van der Waals surface area contributed by atoms with Crippen molar-refractivity contribution in [2.75, 3.05) is 12.3 Å². The van der Waals surface area contributed by atoms with E-state index in [4.69, 9.17) is 25.2 Å². The number of hydrogen-bond donors (Lipinski definition) is 7. The Morgan fingerprint density at radius 3 is 1.43 bits per heavy atom. The molecule has 0 saturated carbocycles. The van der Waals surface area contributed by atoms with Gasteiger partial charge < -0.3 is 40.3 Å². The Kier molecular flexibility index (Phi) is 16.2. The third-order valence-corrected chi connectivity index (χ3v) is 21.2. The second-order valence-electron chi connectivity index (χ2n) is 17.4. The highest BCUT2D eigenvalue weighted by molar-refractivity contribution is 7.81. The highest BCUT2D eigenvalue weighted by atomic mass is 31.3. The van der Waals surface area contributed by atoms with Crippen LogP contribution in [0, 0.1) is 0 Å². The van der Waals surface area contributed by atoms with Crippen LogP contribution in [0.2, 0.25) is 0 Å². The predicted octanol–water partition coefficient (Wildman–Crippen LogP) is 7.55. The summed E-state index contributed by atoms with van der Waals surface area (Å²) in [6.07, 6.45) is -3.69. The Hall–Kier alpha value is -6.22. The number of fused-ring (bicyclic) bond motifs is 3. The monoisotopic (exact) mass is 1130 g/mol. The van der Waals surface area contributed by atoms with Crippen LogP contribution in [-0.2, 0) is 31.6 Å². The van der Waals surface area contributed by atoms with Gasteiger partial charge in [-0.1, -0.05) is 194 Å². The maximum absolute atomic E-state index is 11.8. The second-order valence-corrected chi connectivity index (χ2v) is 26.2. The van der Waals surface area contributed by atoms with Gasteiger partial charge in [0.2, 0.25) is 0 Å². The van der Waals surface area contributed by atoms with E-state index in [1.54, 1.807) is 0 Å². The lowest BCUT2D eigenvalue weighted by atomic mass is 9.93. The Labute approximate surface area is 443 Å². The van der Waals surface area contributed by atoms with Gasteiger partial charge in [0.05, 0.1) is 12.9 Å². The van der Waals surface area contributed by atoms with E-state index < -0.39 is 70.5 Å².